The largest absolute Gasteiger partial charge is 0.313 e. The summed E-state index contributed by atoms with van der Waals surface area (Å²) < 4.78 is 26.2. The lowest BCUT2D eigenvalue weighted by atomic mass is 9.99. The smallest absolute Gasteiger partial charge is 0.159 e. The fraction of sp³-hybridized carbons (Fsp3) is 0.200. The summed E-state index contributed by atoms with van der Waals surface area (Å²) in [4.78, 5) is 0. The summed E-state index contributed by atoms with van der Waals surface area (Å²) in [6, 6.07) is 9.01. The highest BCUT2D eigenvalue weighted by molar-refractivity contribution is 6.35. The number of hydrogen-bond donors (Lipinski definition) is 1. The minimum absolute atomic E-state index is 0.107. The molecule has 5 heteroatoms. The predicted octanol–water partition coefficient (Wildman–Crippen LogP) is 4.77. The lowest BCUT2D eigenvalue weighted by Crippen LogP contribution is -2.19. The van der Waals surface area contributed by atoms with Crippen molar-refractivity contribution in [2.24, 2.45) is 0 Å². The standard InChI is InChI=1S/C15H13Cl2F2N/c1-20-15(11-4-3-10(16)8-12(11)17)7-9-2-5-13(18)14(19)6-9/h2-6,8,15,20H,7H2,1H3. The van der Waals surface area contributed by atoms with Crippen LogP contribution in [0.25, 0.3) is 0 Å². The Morgan fingerprint density at radius 3 is 2.40 bits per heavy atom. The van der Waals surface area contributed by atoms with Crippen LogP contribution in [-0.4, -0.2) is 7.05 Å². The molecule has 1 nitrogen and oxygen atoms in total. The van der Waals surface area contributed by atoms with Crippen molar-refractivity contribution in [3.63, 3.8) is 0 Å². The first-order valence-electron chi connectivity index (χ1n) is 6.07. The quantitative estimate of drug-likeness (QED) is 0.856. The van der Waals surface area contributed by atoms with Crippen LogP contribution in [0.2, 0.25) is 10.0 Å². The van der Waals surface area contributed by atoms with Gasteiger partial charge in [-0.2, -0.15) is 0 Å². The minimum Gasteiger partial charge on any atom is -0.313 e. The van der Waals surface area contributed by atoms with Gasteiger partial charge in [0.2, 0.25) is 0 Å². The summed E-state index contributed by atoms with van der Waals surface area (Å²) in [5, 5.41) is 4.22. The fourth-order valence-corrected chi connectivity index (χ4v) is 2.59. The van der Waals surface area contributed by atoms with Gasteiger partial charge in [0.25, 0.3) is 0 Å². The van der Waals surface area contributed by atoms with Gasteiger partial charge < -0.3 is 5.32 Å². The maximum absolute atomic E-state index is 13.2. The summed E-state index contributed by atoms with van der Waals surface area (Å²) in [7, 11) is 1.79. The van der Waals surface area contributed by atoms with E-state index < -0.39 is 11.6 Å². The lowest BCUT2D eigenvalue weighted by molar-refractivity contribution is 0.504. The van der Waals surface area contributed by atoms with Crippen LogP contribution < -0.4 is 5.32 Å². The van der Waals surface area contributed by atoms with Crippen LogP contribution in [0, 0.1) is 11.6 Å². The molecule has 2 rings (SSSR count). The molecule has 0 aliphatic heterocycles. The van der Waals surface area contributed by atoms with Gasteiger partial charge in [-0.1, -0.05) is 35.3 Å². The monoisotopic (exact) mass is 315 g/mol. The molecule has 20 heavy (non-hydrogen) atoms. The molecule has 0 radical (unpaired) electrons. The van der Waals surface area contributed by atoms with Crippen molar-refractivity contribution in [3.05, 3.63) is 69.2 Å². The third-order valence-electron chi connectivity index (χ3n) is 3.11. The second kappa shape index (κ2) is 6.53. The highest BCUT2D eigenvalue weighted by Gasteiger charge is 2.15. The maximum atomic E-state index is 13.2. The molecule has 0 spiro atoms. The molecular formula is C15H13Cl2F2N. The van der Waals surface area contributed by atoms with Crippen molar-refractivity contribution in [3.8, 4) is 0 Å². The molecule has 0 fully saturated rings. The zero-order valence-corrected chi connectivity index (χ0v) is 12.3. The van der Waals surface area contributed by atoms with Crippen LogP contribution in [0.3, 0.4) is 0 Å². The van der Waals surface area contributed by atoms with E-state index in [0.717, 1.165) is 11.6 Å². The molecule has 106 valence electrons. The Labute approximate surface area is 126 Å². The second-order valence-electron chi connectivity index (χ2n) is 4.46. The van der Waals surface area contributed by atoms with E-state index in [1.807, 2.05) is 6.07 Å². The average molecular weight is 316 g/mol. The van der Waals surface area contributed by atoms with Gasteiger partial charge in [0.05, 0.1) is 0 Å². The van der Waals surface area contributed by atoms with E-state index >= 15 is 0 Å². The summed E-state index contributed by atoms with van der Waals surface area (Å²) in [6.45, 7) is 0. The molecule has 1 atom stereocenters. The molecule has 0 aliphatic rings. The summed E-state index contributed by atoms with van der Waals surface area (Å²) in [6.07, 6.45) is 0.495. The molecule has 0 heterocycles. The summed E-state index contributed by atoms with van der Waals surface area (Å²) in [5.74, 6) is -1.70. The lowest BCUT2D eigenvalue weighted by Gasteiger charge is -2.18. The normalized spacial score (nSPS) is 12.4. The van der Waals surface area contributed by atoms with E-state index in [9.17, 15) is 8.78 Å². The molecular weight excluding hydrogens is 303 g/mol. The molecule has 1 N–H and O–H groups in total. The van der Waals surface area contributed by atoms with E-state index in [1.54, 1.807) is 25.2 Å². The molecule has 0 saturated carbocycles. The van der Waals surface area contributed by atoms with Crippen molar-refractivity contribution < 1.29 is 8.78 Å². The molecule has 0 aromatic heterocycles. The van der Waals surface area contributed by atoms with Crippen LogP contribution in [0.4, 0.5) is 8.78 Å². The minimum atomic E-state index is -0.848. The van der Waals surface area contributed by atoms with Gasteiger partial charge in [-0.05, 0) is 48.9 Å². The van der Waals surface area contributed by atoms with E-state index in [2.05, 4.69) is 5.32 Å². The van der Waals surface area contributed by atoms with Crippen molar-refractivity contribution in [1.29, 1.82) is 0 Å². The van der Waals surface area contributed by atoms with E-state index in [4.69, 9.17) is 23.2 Å². The maximum Gasteiger partial charge on any atom is 0.159 e. The van der Waals surface area contributed by atoms with Gasteiger partial charge in [-0.25, -0.2) is 8.78 Å². The number of rotatable bonds is 4. The van der Waals surface area contributed by atoms with Crippen molar-refractivity contribution >= 4 is 23.2 Å². The molecule has 0 bridgehead atoms. The van der Waals surface area contributed by atoms with Gasteiger partial charge in [0.1, 0.15) is 0 Å². The third-order valence-corrected chi connectivity index (χ3v) is 3.67. The van der Waals surface area contributed by atoms with Crippen molar-refractivity contribution in [2.45, 2.75) is 12.5 Å². The van der Waals surface area contributed by atoms with Crippen LogP contribution in [0.1, 0.15) is 17.2 Å². The van der Waals surface area contributed by atoms with Crippen LogP contribution in [-0.2, 0) is 6.42 Å². The number of benzene rings is 2. The molecule has 1 unspecified atom stereocenters. The Balaban J connectivity index is 2.26. The van der Waals surface area contributed by atoms with Gasteiger partial charge >= 0.3 is 0 Å². The third kappa shape index (κ3) is 3.48. The average Bonchev–Trinajstić information content (AvgIpc) is 2.41. The number of likely N-dealkylation sites (N-methyl/N-ethyl adjacent to an activating group) is 1. The Bertz CT molecular complexity index is 617. The van der Waals surface area contributed by atoms with E-state index in [-0.39, 0.29) is 6.04 Å². The first-order valence-corrected chi connectivity index (χ1v) is 6.83. The number of halogens is 4. The Hall–Kier alpha value is -1.16. The van der Waals surface area contributed by atoms with Crippen LogP contribution in [0.5, 0.6) is 0 Å². The predicted molar refractivity (Wildman–Crippen MR) is 78.3 cm³/mol. The van der Waals surface area contributed by atoms with Gasteiger partial charge in [0, 0.05) is 16.1 Å². The van der Waals surface area contributed by atoms with Gasteiger partial charge in [-0.3, -0.25) is 0 Å². The molecule has 2 aromatic carbocycles. The number of nitrogens with one attached hydrogen (secondary N) is 1. The first kappa shape index (κ1) is 15.2. The van der Waals surface area contributed by atoms with Crippen LogP contribution >= 0.6 is 23.2 Å². The number of hydrogen-bond acceptors (Lipinski definition) is 1. The molecule has 0 saturated heterocycles. The van der Waals surface area contributed by atoms with Gasteiger partial charge in [0.15, 0.2) is 11.6 Å². The SMILES string of the molecule is CNC(Cc1ccc(F)c(F)c1)c1ccc(Cl)cc1Cl. The Morgan fingerprint density at radius 1 is 1.05 bits per heavy atom. The molecule has 0 aliphatic carbocycles. The Morgan fingerprint density at radius 2 is 1.80 bits per heavy atom. The summed E-state index contributed by atoms with van der Waals surface area (Å²) in [5.41, 5.74) is 1.55. The molecule has 2 aromatic rings. The zero-order chi connectivity index (χ0) is 14.7. The van der Waals surface area contributed by atoms with E-state index in [1.165, 1.54) is 6.07 Å². The Kier molecular flexibility index (Phi) is 4.97. The highest BCUT2D eigenvalue weighted by Crippen LogP contribution is 2.28. The zero-order valence-electron chi connectivity index (χ0n) is 10.8. The fourth-order valence-electron chi connectivity index (χ4n) is 2.05. The topological polar surface area (TPSA) is 12.0 Å². The molecule has 0 amide bonds. The van der Waals surface area contributed by atoms with Gasteiger partial charge in [-0.15, -0.1) is 0 Å². The van der Waals surface area contributed by atoms with E-state index in [0.29, 0.717) is 22.0 Å². The summed E-state index contributed by atoms with van der Waals surface area (Å²) >= 11 is 12.0. The first-order chi connectivity index (χ1) is 9.51. The second-order valence-corrected chi connectivity index (χ2v) is 5.30. The van der Waals surface area contributed by atoms with Crippen molar-refractivity contribution in [2.75, 3.05) is 7.05 Å². The van der Waals surface area contributed by atoms with Crippen LogP contribution in [0.15, 0.2) is 36.4 Å². The highest BCUT2D eigenvalue weighted by atomic mass is 35.5. The van der Waals surface area contributed by atoms with Crippen molar-refractivity contribution in [1.82, 2.24) is 5.32 Å².